The van der Waals surface area contributed by atoms with Gasteiger partial charge in [0.1, 0.15) is 24.1 Å². The number of benzene rings is 1. The van der Waals surface area contributed by atoms with Gasteiger partial charge in [-0.25, -0.2) is 0 Å². The summed E-state index contributed by atoms with van der Waals surface area (Å²) in [6, 6.07) is 4.60. The van der Waals surface area contributed by atoms with Crippen LogP contribution in [-0.4, -0.2) is 77.1 Å². The highest BCUT2D eigenvalue weighted by atomic mass is 16.5. The normalized spacial score (nSPS) is 18.4. The van der Waals surface area contributed by atoms with E-state index in [1.54, 1.807) is 34.8 Å². The highest BCUT2D eigenvalue weighted by molar-refractivity contribution is 5.99. The number of nitrogens with one attached hydrogen (secondary N) is 2. The van der Waals surface area contributed by atoms with E-state index in [9.17, 15) is 14.4 Å². The second-order valence-corrected chi connectivity index (χ2v) is 8.26. The van der Waals surface area contributed by atoms with Gasteiger partial charge >= 0.3 is 0 Å². The van der Waals surface area contributed by atoms with E-state index in [0.717, 1.165) is 5.56 Å². The van der Waals surface area contributed by atoms with Crippen molar-refractivity contribution in [3.63, 3.8) is 0 Å². The molecule has 1 atom stereocenters. The zero-order valence-electron chi connectivity index (χ0n) is 19.9. The number of carbonyl (C=O) groups excluding carboxylic acids is 3. The Balaban J connectivity index is 1.77. The van der Waals surface area contributed by atoms with E-state index in [0.29, 0.717) is 62.6 Å². The molecule has 184 valence electrons. The number of amides is 3. The van der Waals surface area contributed by atoms with Gasteiger partial charge in [0, 0.05) is 33.2 Å². The van der Waals surface area contributed by atoms with Gasteiger partial charge in [-0.15, -0.1) is 5.10 Å². The highest BCUT2D eigenvalue weighted by Crippen LogP contribution is 2.21. The third kappa shape index (κ3) is 7.01. The summed E-state index contributed by atoms with van der Waals surface area (Å²) in [6.45, 7) is 5.51. The van der Waals surface area contributed by atoms with Gasteiger partial charge in [-0.3, -0.25) is 19.1 Å². The summed E-state index contributed by atoms with van der Waals surface area (Å²) in [5, 5.41) is 13.8. The van der Waals surface area contributed by atoms with Crippen molar-refractivity contribution in [3.05, 3.63) is 41.2 Å². The van der Waals surface area contributed by atoms with Crippen LogP contribution < -0.4 is 15.4 Å². The third-order valence-corrected chi connectivity index (χ3v) is 5.38. The molecule has 1 aromatic heterocycles. The van der Waals surface area contributed by atoms with E-state index in [1.165, 1.54) is 7.11 Å². The van der Waals surface area contributed by atoms with Crippen molar-refractivity contribution in [3.8, 4) is 5.75 Å². The van der Waals surface area contributed by atoms with Crippen molar-refractivity contribution in [2.75, 3.05) is 33.4 Å². The van der Waals surface area contributed by atoms with Crippen LogP contribution in [0.4, 0.5) is 0 Å². The molecule has 3 amide bonds. The van der Waals surface area contributed by atoms with E-state index in [2.05, 4.69) is 20.9 Å². The van der Waals surface area contributed by atoms with Crippen molar-refractivity contribution >= 4 is 17.7 Å². The fourth-order valence-corrected chi connectivity index (χ4v) is 3.54. The lowest BCUT2D eigenvalue weighted by molar-refractivity contribution is -0.135. The minimum atomic E-state index is -0.732. The van der Waals surface area contributed by atoms with E-state index >= 15 is 0 Å². The monoisotopic (exact) mass is 472 g/mol. The number of carbonyl (C=O) groups is 3. The van der Waals surface area contributed by atoms with Crippen molar-refractivity contribution < 1.29 is 23.9 Å². The molecule has 0 saturated carbocycles. The lowest BCUT2D eigenvalue weighted by atomic mass is 10.1. The van der Waals surface area contributed by atoms with E-state index < -0.39 is 6.04 Å². The molecule has 0 aliphatic carbocycles. The maximum atomic E-state index is 12.8. The molecule has 11 nitrogen and oxygen atoms in total. The van der Waals surface area contributed by atoms with Crippen LogP contribution in [0, 0.1) is 6.92 Å². The maximum Gasteiger partial charge on any atom is 0.255 e. The molecular weight excluding hydrogens is 440 g/mol. The van der Waals surface area contributed by atoms with Crippen LogP contribution in [0.5, 0.6) is 5.75 Å². The van der Waals surface area contributed by atoms with E-state index in [-0.39, 0.29) is 24.3 Å². The third-order valence-electron chi connectivity index (χ3n) is 5.38. The largest absolute Gasteiger partial charge is 0.493 e. The topological polar surface area (TPSA) is 128 Å². The SMILES string of the molecule is COCC(=O)N1CCCNC(=O)[C@@H](C)NC(=O)c2ccc(C)cc2OCCCn2cc(nn2)C1. The maximum absolute atomic E-state index is 12.8. The zero-order chi connectivity index (χ0) is 24.5. The van der Waals surface area contributed by atoms with Crippen molar-refractivity contribution in [1.29, 1.82) is 0 Å². The fourth-order valence-electron chi connectivity index (χ4n) is 3.54. The number of hydrogen-bond donors (Lipinski definition) is 2. The number of nitrogens with zero attached hydrogens (tertiary/aromatic N) is 4. The minimum absolute atomic E-state index is 0.0407. The molecule has 0 spiro atoms. The predicted octanol–water partition coefficient (Wildman–Crippen LogP) is 0.669. The highest BCUT2D eigenvalue weighted by Gasteiger charge is 2.20. The Kier molecular flexibility index (Phi) is 8.97. The van der Waals surface area contributed by atoms with Crippen LogP contribution >= 0.6 is 0 Å². The van der Waals surface area contributed by atoms with Gasteiger partial charge in [0.15, 0.2) is 0 Å². The van der Waals surface area contributed by atoms with Crippen LogP contribution in [0.1, 0.15) is 41.4 Å². The first kappa shape index (κ1) is 25.2. The van der Waals surface area contributed by atoms with Crippen molar-refractivity contribution in [1.82, 2.24) is 30.5 Å². The number of ether oxygens (including phenoxy) is 2. The van der Waals surface area contributed by atoms with Gasteiger partial charge in [-0.2, -0.15) is 0 Å². The molecule has 34 heavy (non-hydrogen) atoms. The van der Waals surface area contributed by atoms with Gasteiger partial charge in [0.05, 0.1) is 24.9 Å². The van der Waals surface area contributed by atoms with E-state index in [4.69, 9.17) is 9.47 Å². The number of methoxy groups -OCH3 is 1. The van der Waals surface area contributed by atoms with E-state index in [1.807, 2.05) is 13.0 Å². The molecule has 0 fully saturated rings. The Bertz CT molecular complexity index is 1010. The Morgan fingerprint density at radius 3 is 2.88 bits per heavy atom. The molecule has 1 aliphatic heterocycles. The number of aromatic nitrogens is 3. The molecule has 0 unspecified atom stereocenters. The molecule has 2 heterocycles. The van der Waals surface area contributed by atoms with Crippen LogP contribution in [0.3, 0.4) is 0 Å². The summed E-state index contributed by atoms with van der Waals surface area (Å²) in [7, 11) is 1.47. The van der Waals surface area contributed by atoms with Gasteiger partial charge in [0.2, 0.25) is 11.8 Å². The van der Waals surface area contributed by atoms with Crippen LogP contribution in [0.15, 0.2) is 24.4 Å². The summed E-state index contributed by atoms with van der Waals surface area (Å²) in [5.74, 6) is -0.391. The molecule has 1 aromatic carbocycles. The molecule has 0 saturated heterocycles. The number of hydrogen-bond acceptors (Lipinski definition) is 7. The number of rotatable bonds is 2. The van der Waals surface area contributed by atoms with Crippen LogP contribution in [0.25, 0.3) is 0 Å². The summed E-state index contributed by atoms with van der Waals surface area (Å²) < 4.78 is 12.6. The minimum Gasteiger partial charge on any atom is -0.493 e. The van der Waals surface area contributed by atoms with Crippen LogP contribution in [-0.2, 0) is 27.4 Å². The summed E-state index contributed by atoms with van der Waals surface area (Å²) in [5.41, 5.74) is 2.00. The first-order valence-electron chi connectivity index (χ1n) is 11.3. The molecule has 0 radical (unpaired) electrons. The molecule has 11 heteroatoms. The molecular formula is C23H32N6O5. The molecule has 2 N–H and O–H groups in total. The second-order valence-electron chi connectivity index (χ2n) is 8.26. The van der Waals surface area contributed by atoms with Crippen LogP contribution in [0.2, 0.25) is 0 Å². The van der Waals surface area contributed by atoms with Crippen molar-refractivity contribution in [2.45, 2.75) is 45.8 Å². The van der Waals surface area contributed by atoms with Gasteiger partial charge in [-0.05, 0) is 38.0 Å². The van der Waals surface area contributed by atoms with Gasteiger partial charge in [0.25, 0.3) is 5.91 Å². The Hall–Kier alpha value is -3.47. The lowest BCUT2D eigenvalue weighted by Crippen LogP contribution is -2.45. The first-order valence-corrected chi connectivity index (χ1v) is 11.3. The Labute approximate surface area is 198 Å². The molecule has 1 aliphatic rings. The van der Waals surface area contributed by atoms with Gasteiger partial charge in [-0.1, -0.05) is 11.3 Å². The Morgan fingerprint density at radius 1 is 1.26 bits per heavy atom. The smallest absolute Gasteiger partial charge is 0.255 e. The molecule has 2 bridgehead atoms. The predicted molar refractivity (Wildman–Crippen MR) is 123 cm³/mol. The lowest BCUT2D eigenvalue weighted by Gasteiger charge is -2.21. The number of fused-ring (bicyclic) bond motifs is 3. The first-order chi connectivity index (χ1) is 16.4. The average molecular weight is 473 g/mol. The second kappa shape index (κ2) is 12.1. The fraction of sp³-hybridized carbons (Fsp3) is 0.522. The number of aryl methyl sites for hydroxylation is 2. The summed E-state index contributed by atoms with van der Waals surface area (Å²) in [6.07, 6.45) is 2.98. The quantitative estimate of drug-likeness (QED) is 0.658. The average Bonchev–Trinajstić information content (AvgIpc) is 3.25. The summed E-state index contributed by atoms with van der Waals surface area (Å²) in [4.78, 5) is 39.4. The molecule has 3 rings (SSSR count). The van der Waals surface area contributed by atoms with Gasteiger partial charge < -0.3 is 25.0 Å². The summed E-state index contributed by atoms with van der Waals surface area (Å²) >= 11 is 0. The van der Waals surface area contributed by atoms with Crippen molar-refractivity contribution in [2.24, 2.45) is 0 Å². The Morgan fingerprint density at radius 2 is 2.09 bits per heavy atom. The standard InChI is InChI=1S/C23H32N6O5/c1-16-6-7-19-20(12-16)34-11-5-10-29-14-18(26-27-29)13-28(21(30)15-33-3)9-4-8-24-22(31)17(2)25-23(19)32/h6-7,12,14,17H,4-5,8-11,13,15H2,1-3H3,(H,24,31)(H,25,32)/t17-/m1/s1. The zero-order valence-corrected chi connectivity index (χ0v) is 19.9. The molecule has 2 aromatic rings.